The molecule has 1 aromatic rings. The first-order valence-corrected chi connectivity index (χ1v) is 8.50. The lowest BCUT2D eigenvalue weighted by molar-refractivity contribution is 0.282. The Hall–Kier alpha value is -0.610. The van der Waals surface area contributed by atoms with Crippen LogP contribution >= 0.6 is 11.3 Å². The molecule has 4 heteroatoms. The third-order valence-electron chi connectivity index (χ3n) is 3.41. The molecule has 0 saturated carbocycles. The van der Waals surface area contributed by atoms with Gasteiger partial charge in [-0.05, 0) is 20.3 Å². The lowest BCUT2D eigenvalue weighted by atomic mass is 9.91. The Morgan fingerprint density at radius 2 is 1.90 bits per heavy atom. The highest BCUT2D eigenvalue weighted by Gasteiger charge is 2.25. The molecule has 0 amide bonds. The number of rotatable bonds is 7. The molecule has 0 radical (unpaired) electrons. The summed E-state index contributed by atoms with van der Waals surface area (Å²) in [5.41, 5.74) is 1.03. The van der Waals surface area contributed by atoms with E-state index in [4.69, 9.17) is 4.98 Å². The first-order chi connectivity index (χ1) is 9.31. The number of unbranched alkanes of at least 4 members (excludes halogenated alkanes) is 2. The molecular formula is C16H30N2OS. The van der Waals surface area contributed by atoms with Crippen LogP contribution in [0.1, 0.15) is 71.4 Å². The van der Waals surface area contributed by atoms with Gasteiger partial charge in [-0.15, -0.1) is 0 Å². The smallest absolute Gasteiger partial charge is 0.186 e. The van der Waals surface area contributed by atoms with Crippen molar-refractivity contribution >= 4 is 16.5 Å². The maximum Gasteiger partial charge on any atom is 0.186 e. The summed E-state index contributed by atoms with van der Waals surface area (Å²) in [6, 6.07) is 0.442. The van der Waals surface area contributed by atoms with E-state index in [1.54, 1.807) is 11.3 Å². The number of aliphatic hydroxyl groups is 1. The summed E-state index contributed by atoms with van der Waals surface area (Å²) < 4.78 is 0. The van der Waals surface area contributed by atoms with Gasteiger partial charge in [0, 0.05) is 18.0 Å². The van der Waals surface area contributed by atoms with Gasteiger partial charge in [0.05, 0.1) is 17.2 Å². The average molecular weight is 298 g/mol. The van der Waals surface area contributed by atoms with E-state index < -0.39 is 0 Å². The van der Waals surface area contributed by atoms with Crippen molar-refractivity contribution in [1.29, 1.82) is 0 Å². The number of thiazole rings is 1. The van der Waals surface area contributed by atoms with Crippen molar-refractivity contribution in [2.45, 2.75) is 78.9 Å². The SMILES string of the molecule is CCCCCN(c1nc(C(C)(C)C)c(CO)s1)C(C)C. The van der Waals surface area contributed by atoms with Gasteiger partial charge in [0.25, 0.3) is 0 Å². The number of aliphatic hydroxyl groups excluding tert-OH is 1. The largest absolute Gasteiger partial charge is 0.391 e. The van der Waals surface area contributed by atoms with E-state index in [2.05, 4.69) is 46.4 Å². The van der Waals surface area contributed by atoms with Gasteiger partial charge in [-0.3, -0.25) is 0 Å². The van der Waals surface area contributed by atoms with Gasteiger partial charge >= 0.3 is 0 Å². The minimum atomic E-state index is -0.0150. The fourth-order valence-electron chi connectivity index (χ4n) is 2.26. The Balaban J connectivity index is 2.99. The molecule has 0 bridgehead atoms. The van der Waals surface area contributed by atoms with E-state index in [0.717, 1.165) is 22.2 Å². The van der Waals surface area contributed by atoms with E-state index >= 15 is 0 Å². The van der Waals surface area contributed by atoms with Crippen molar-refractivity contribution in [3.05, 3.63) is 10.6 Å². The van der Waals surface area contributed by atoms with Crippen molar-refractivity contribution in [2.75, 3.05) is 11.4 Å². The maximum absolute atomic E-state index is 9.58. The topological polar surface area (TPSA) is 36.4 Å². The molecule has 1 rings (SSSR count). The quantitative estimate of drug-likeness (QED) is 0.761. The molecular weight excluding hydrogens is 268 g/mol. The molecule has 3 nitrogen and oxygen atoms in total. The second-order valence-electron chi connectivity index (χ2n) is 6.67. The summed E-state index contributed by atoms with van der Waals surface area (Å²) >= 11 is 1.65. The number of hydrogen-bond donors (Lipinski definition) is 1. The normalized spacial score (nSPS) is 12.2. The average Bonchev–Trinajstić information content (AvgIpc) is 2.77. The highest BCUT2D eigenvalue weighted by molar-refractivity contribution is 7.15. The predicted molar refractivity (Wildman–Crippen MR) is 88.7 cm³/mol. The number of hydrogen-bond acceptors (Lipinski definition) is 4. The summed E-state index contributed by atoms with van der Waals surface area (Å²) in [6.07, 6.45) is 3.69. The van der Waals surface area contributed by atoms with Crippen molar-refractivity contribution < 1.29 is 5.11 Å². The predicted octanol–water partition coefficient (Wildman–Crippen LogP) is 4.34. The van der Waals surface area contributed by atoms with Gasteiger partial charge in [0.15, 0.2) is 5.13 Å². The number of aromatic nitrogens is 1. The van der Waals surface area contributed by atoms with Crippen LogP contribution < -0.4 is 4.90 Å². The molecule has 20 heavy (non-hydrogen) atoms. The van der Waals surface area contributed by atoms with Gasteiger partial charge in [-0.2, -0.15) is 0 Å². The summed E-state index contributed by atoms with van der Waals surface area (Å²) in [5.74, 6) is 0. The molecule has 0 atom stereocenters. The van der Waals surface area contributed by atoms with Crippen LogP contribution in [0.5, 0.6) is 0 Å². The molecule has 0 saturated heterocycles. The van der Waals surface area contributed by atoms with E-state index in [9.17, 15) is 5.11 Å². The second kappa shape index (κ2) is 7.41. The molecule has 0 aromatic carbocycles. The third kappa shape index (κ3) is 4.45. The monoisotopic (exact) mass is 298 g/mol. The standard InChI is InChI=1S/C16H30N2OS/c1-7-8-9-10-18(12(2)3)15-17-14(16(4,5)6)13(11-19)20-15/h12,19H,7-11H2,1-6H3. The van der Waals surface area contributed by atoms with E-state index in [-0.39, 0.29) is 12.0 Å². The van der Waals surface area contributed by atoms with Crippen molar-refractivity contribution in [3.8, 4) is 0 Å². The highest BCUT2D eigenvalue weighted by atomic mass is 32.1. The molecule has 1 aromatic heterocycles. The summed E-state index contributed by atoms with van der Waals surface area (Å²) in [6.45, 7) is 14.3. The molecule has 116 valence electrons. The van der Waals surface area contributed by atoms with Crippen molar-refractivity contribution in [3.63, 3.8) is 0 Å². The first-order valence-electron chi connectivity index (χ1n) is 7.69. The zero-order chi connectivity index (χ0) is 15.3. The van der Waals surface area contributed by atoms with Gasteiger partial charge in [-0.25, -0.2) is 4.98 Å². The Bertz CT molecular complexity index is 407. The Morgan fingerprint density at radius 3 is 2.30 bits per heavy atom. The molecule has 0 aliphatic carbocycles. The fourth-order valence-corrected chi connectivity index (χ4v) is 3.55. The Kier molecular flexibility index (Phi) is 6.46. The summed E-state index contributed by atoms with van der Waals surface area (Å²) in [7, 11) is 0. The molecule has 1 heterocycles. The van der Waals surface area contributed by atoms with Crippen LogP contribution in [0.2, 0.25) is 0 Å². The minimum absolute atomic E-state index is 0.0150. The van der Waals surface area contributed by atoms with Crippen LogP contribution in [-0.4, -0.2) is 22.7 Å². The third-order valence-corrected chi connectivity index (χ3v) is 4.49. The van der Waals surface area contributed by atoms with Crippen molar-refractivity contribution in [1.82, 2.24) is 4.98 Å². The molecule has 0 aliphatic heterocycles. The van der Waals surface area contributed by atoms with Gasteiger partial charge < -0.3 is 10.0 Å². The molecule has 1 N–H and O–H groups in total. The van der Waals surface area contributed by atoms with Crippen LogP contribution in [0.15, 0.2) is 0 Å². The fraction of sp³-hybridized carbons (Fsp3) is 0.812. The minimum Gasteiger partial charge on any atom is -0.391 e. The van der Waals surface area contributed by atoms with Crippen molar-refractivity contribution in [2.24, 2.45) is 0 Å². The molecule has 0 unspecified atom stereocenters. The molecule has 0 fully saturated rings. The van der Waals surface area contributed by atoms with E-state index in [1.807, 2.05) is 0 Å². The maximum atomic E-state index is 9.58. The Labute approximate surface area is 128 Å². The number of nitrogens with zero attached hydrogens (tertiary/aromatic N) is 2. The first kappa shape index (κ1) is 17.4. The molecule has 0 aliphatic rings. The zero-order valence-electron chi connectivity index (χ0n) is 13.9. The zero-order valence-corrected chi connectivity index (χ0v) is 14.7. The van der Waals surface area contributed by atoms with Crippen LogP contribution in [-0.2, 0) is 12.0 Å². The van der Waals surface area contributed by atoms with Gasteiger partial charge in [-0.1, -0.05) is 51.9 Å². The van der Waals surface area contributed by atoms with E-state index in [0.29, 0.717) is 6.04 Å². The highest BCUT2D eigenvalue weighted by Crippen LogP contribution is 2.34. The van der Waals surface area contributed by atoms with E-state index in [1.165, 1.54) is 19.3 Å². The molecule has 0 spiro atoms. The van der Waals surface area contributed by atoms with Crippen LogP contribution in [0, 0.1) is 0 Å². The number of anilines is 1. The summed E-state index contributed by atoms with van der Waals surface area (Å²) in [5, 5.41) is 10.6. The lowest BCUT2D eigenvalue weighted by Crippen LogP contribution is -2.31. The van der Waals surface area contributed by atoms with Crippen LogP contribution in [0.4, 0.5) is 5.13 Å². The Morgan fingerprint density at radius 1 is 1.25 bits per heavy atom. The van der Waals surface area contributed by atoms with Gasteiger partial charge in [0.1, 0.15) is 0 Å². The van der Waals surface area contributed by atoms with Crippen LogP contribution in [0.25, 0.3) is 0 Å². The second-order valence-corrected chi connectivity index (χ2v) is 7.73. The van der Waals surface area contributed by atoms with Gasteiger partial charge in [0.2, 0.25) is 0 Å². The summed E-state index contributed by atoms with van der Waals surface area (Å²) in [4.78, 5) is 8.21. The lowest BCUT2D eigenvalue weighted by Gasteiger charge is -2.26. The van der Waals surface area contributed by atoms with Crippen LogP contribution in [0.3, 0.4) is 0 Å².